The summed E-state index contributed by atoms with van der Waals surface area (Å²) in [5.74, 6) is -1.88. The number of sulfonamides is 1. The van der Waals surface area contributed by atoms with Gasteiger partial charge in [-0.1, -0.05) is 30.3 Å². The lowest BCUT2D eigenvalue weighted by molar-refractivity contribution is -0.120. The van der Waals surface area contributed by atoms with Gasteiger partial charge in [0.05, 0.1) is 17.0 Å². The van der Waals surface area contributed by atoms with Crippen LogP contribution in [0.3, 0.4) is 0 Å². The summed E-state index contributed by atoms with van der Waals surface area (Å²) in [5, 5.41) is 5.72. The van der Waals surface area contributed by atoms with Gasteiger partial charge in [0, 0.05) is 30.1 Å². The van der Waals surface area contributed by atoms with E-state index in [2.05, 4.69) is 10.6 Å². The molecule has 0 spiro atoms. The Morgan fingerprint density at radius 3 is 2.27 bits per heavy atom. The molecule has 0 atom stereocenters. The first-order valence-corrected chi connectivity index (χ1v) is 12.5. The van der Waals surface area contributed by atoms with E-state index in [0.29, 0.717) is 24.1 Å². The molecule has 0 bridgehead atoms. The second-order valence-corrected chi connectivity index (χ2v) is 11.2. The first-order chi connectivity index (χ1) is 15.5. The van der Waals surface area contributed by atoms with Crippen LogP contribution in [-0.2, 0) is 20.6 Å². The highest BCUT2D eigenvalue weighted by molar-refractivity contribution is 7.88. The topological polar surface area (TPSA) is 95.6 Å². The minimum atomic E-state index is -3.69. The molecule has 0 aromatic heterocycles. The number of carbonyl (C=O) groups excluding carboxylic acids is 2. The Bertz CT molecular complexity index is 1120. The summed E-state index contributed by atoms with van der Waals surface area (Å²) < 4.78 is 40.6. The van der Waals surface area contributed by atoms with Gasteiger partial charge in [-0.3, -0.25) is 9.59 Å². The van der Waals surface area contributed by atoms with Crippen LogP contribution in [0.15, 0.2) is 48.5 Å². The number of carbonyl (C=O) groups is 2. The Kier molecular flexibility index (Phi) is 7.54. The lowest BCUT2D eigenvalue weighted by Crippen LogP contribution is -2.42. The Labute approximate surface area is 194 Å². The van der Waals surface area contributed by atoms with Crippen LogP contribution in [0.5, 0.6) is 0 Å². The highest BCUT2D eigenvalue weighted by Gasteiger charge is 2.32. The molecule has 2 aromatic carbocycles. The second-order valence-electron chi connectivity index (χ2n) is 9.26. The standard InChI is InChI=1S/C24H30FN3O4S/c1-24(2,3)27-23(30)19-9-5-7-11-21(19)26-22(29)17-12-14-28(15-13-17)33(31,32)16-18-8-4-6-10-20(18)25/h4-11,17H,12-16H2,1-3H3,(H,26,29)(H,27,30). The zero-order valence-corrected chi connectivity index (χ0v) is 19.9. The fraction of sp³-hybridized carbons (Fsp3) is 0.417. The van der Waals surface area contributed by atoms with Crippen LogP contribution in [0.4, 0.5) is 10.1 Å². The van der Waals surface area contributed by atoms with Crippen molar-refractivity contribution in [1.82, 2.24) is 9.62 Å². The monoisotopic (exact) mass is 475 g/mol. The van der Waals surface area contributed by atoms with Gasteiger partial charge in [0.15, 0.2) is 0 Å². The summed E-state index contributed by atoms with van der Waals surface area (Å²) in [6.45, 7) is 5.99. The molecule has 2 amide bonds. The number of hydrogen-bond donors (Lipinski definition) is 2. The first kappa shape index (κ1) is 24.9. The molecule has 0 saturated carbocycles. The number of nitrogens with zero attached hydrogens (tertiary/aromatic N) is 1. The lowest BCUT2D eigenvalue weighted by atomic mass is 9.97. The number of anilines is 1. The van der Waals surface area contributed by atoms with Crippen molar-refractivity contribution in [1.29, 1.82) is 0 Å². The quantitative estimate of drug-likeness (QED) is 0.668. The van der Waals surface area contributed by atoms with Crippen molar-refractivity contribution in [3.05, 3.63) is 65.5 Å². The third kappa shape index (κ3) is 6.61. The van der Waals surface area contributed by atoms with E-state index in [1.165, 1.54) is 22.5 Å². The van der Waals surface area contributed by atoms with Crippen LogP contribution in [0.25, 0.3) is 0 Å². The molecule has 1 heterocycles. The number of benzene rings is 2. The molecule has 3 rings (SSSR count). The zero-order valence-electron chi connectivity index (χ0n) is 19.1. The van der Waals surface area contributed by atoms with Crippen LogP contribution >= 0.6 is 0 Å². The maximum atomic E-state index is 13.9. The summed E-state index contributed by atoms with van der Waals surface area (Å²) in [5.41, 5.74) is 0.488. The van der Waals surface area contributed by atoms with E-state index in [1.807, 2.05) is 20.8 Å². The number of para-hydroxylation sites is 1. The first-order valence-electron chi connectivity index (χ1n) is 10.9. The molecular weight excluding hydrogens is 445 g/mol. The molecule has 1 fully saturated rings. The predicted octanol–water partition coefficient (Wildman–Crippen LogP) is 3.53. The number of amides is 2. The van der Waals surface area contributed by atoms with Crippen LogP contribution in [-0.4, -0.2) is 43.2 Å². The van der Waals surface area contributed by atoms with Gasteiger partial charge in [-0.05, 0) is 51.8 Å². The van der Waals surface area contributed by atoms with Crippen molar-refractivity contribution in [3.8, 4) is 0 Å². The summed E-state index contributed by atoms with van der Waals surface area (Å²) in [4.78, 5) is 25.5. The molecule has 1 aliphatic heterocycles. The molecular formula is C24H30FN3O4S. The number of nitrogens with one attached hydrogen (secondary N) is 2. The molecule has 2 aromatic rings. The number of halogens is 1. The van der Waals surface area contributed by atoms with Crippen LogP contribution in [0.1, 0.15) is 49.5 Å². The Balaban J connectivity index is 1.61. The smallest absolute Gasteiger partial charge is 0.253 e. The van der Waals surface area contributed by atoms with E-state index in [4.69, 9.17) is 0 Å². The van der Waals surface area contributed by atoms with Crippen LogP contribution in [0, 0.1) is 11.7 Å². The highest BCUT2D eigenvalue weighted by atomic mass is 32.2. The summed E-state index contributed by atoms with van der Waals surface area (Å²) in [6, 6.07) is 12.6. The Morgan fingerprint density at radius 2 is 1.64 bits per heavy atom. The van der Waals surface area contributed by atoms with E-state index < -0.39 is 27.1 Å². The molecule has 0 unspecified atom stereocenters. The molecule has 9 heteroatoms. The fourth-order valence-electron chi connectivity index (χ4n) is 3.73. The van der Waals surface area contributed by atoms with E-state index in [-0.39, 0.29) is 36.4 Å². The van der Waals surface area contributed by atoms with Crippen molar-refractivity contribution >= 4 is 27.5 Å². The maximum absolute atomic E-state index is 13.9. The molecule has 0 aliphatic carbocycles. The van der Waals surface area contributed by atoms with Crippen LogP contribution < -0.4 is 10.6 Å². The minimum Gasteiger partial charge on any atom is -0.347 e. The fourth-order valence-corrected chi connectivity index (χ4v) is 5.31. The summed E-state index contributed by atoms with van der Waals surface area (Å²) in [6.07, 6.45) is 0.692. The molecule has 1 saturated heterocycles. The molecule has 2 N–H and O–H groups in total. The van der Waals surface area contributed by atoms with Crippen molar-refractivity contribution in [2.24, 2.45) is 5.92 Å². The van der Waals surface area contributed by atoms with E-state index >= 15 is 0 Å². The van der Waals surface area contributed by atoms with Gasteiger partial charge in [0.1, 0.15) is 5.82 Å². The molecule has 7 nitrogen and oxygen atoms in total. The van der Waals surface area contributed by atoms with Crippen molar-refractivity contribution in [2.75, 3.05) is 18.4 Å². The third-order valence-corrected chi connectivity index (χ3v) is 7.26. The van der Waals surface area contributed by atoms with Gasteiger partial charge in [-0.15, -0.1) is 0 Å². The van der Waals surface area contributed by atoms with Crippen molar-refractivity contribution in [2.45, 2.75) is 44.9 Å². The van der Waals surface area contributed by atoms with Gasteiger partial charge in [-0.25, -0.2) is 17.1 Å². The Hall–Kier alpha value is -2.78. The molecule has 0 radical (unpaired) electrons. The second kappa shape index (κ2) is 10.0. The highest BCUT2D eigenvalue weighted by Crippen LogP contribution is 2.25. The van der Waals surface area contributed by atoms with Crippen molar-refractivity contribution in [3.63, 3.8) is 0 Å². The van der Waals surface area contributed by atoms with Crippen molar-refractivity contribution < 1.29 is 22.4 Å². The van der Waals surface area contributed by atoms with Crippen LogP contribution in [0.2, 0.25) is 0 Å². The number of piperidine rings is 1. The van der Waals surface area contributed by atoms with Gasteiger partial charge in [0.2, 0.25) is 15.9 Å². The van der Waals surface area contributed by atoms with Gasteiger partial charge >= 0.3 is 0 Å². The normalized spacial score (nSPS) is 15.8. The molecule has 1 aliphatic rings. The van der Waals surface area contributed by atoms with E-state index in [9.17, 15) is 22.4 Å². The third-order valence-electron chi connectivity index (χ3n) is 5.43. The number of rotatable bonds is 6. The predicted molar refractivity (Wildman–Crippen MR) is 126 cm³/mol. The minimum absolute atomic E-state index is 0.127. The summed E-state index contributed by atoms with van der Waals surface area (Å²) in [7, 11) is -3.69. The lowest BCUT2D eigenvalue weighted by Gasteiger charge is -2.30. The maximum Gasteiger partial charge on any atom is 0.253 e. The van der Waals surface area contributed by atoms with Gasteiger partial charge in [0.25, 0.3) is 5.91 Å². The number of hydrogen-bond acceptors (Lipinski definition) is 4. The Morgan fingerprint density at radius 1 is 1.03 bits per heavy atom. The van der Waals surface area contributed by atoms with Gasteiger partial charge in [-0.2, -0.15) is 0 Å². The SMILES string of the molecule is CC(C)(C)NC(=O)c1ccccc1NC(=O)C1CCN(S(=O)(=O)Cc2ccccc2F)CC1. The van der Waals surface area contributed by atoms with Gasteiger partial charge < -0.3 is 10.6 Å². The molecule has 33 heavy (non-hydrogen) atoms. The molecule has 178 valence electrons. The average Bonchev–Trinajstić information content (AvgIpc) is 2.74. The van der Waals surface area contributed by atoms with E-state index in [0.717, 1.165) is 0 Å². The van der Waals surface area contributed by atoms with E-state index in [1.54, 1.807) is 30.3 Å². The zero-order chi connectivity index (χ0) is 24.2. The summed E-state index contributed by atoms with van der Waals surface area (Å²) >= 11 is 0. The average molecular weight is 476 g/mol. The largest absolute Gasteiger partial charge is 0.347 e.